The second kappa shape index (κ2) is 7.24. The molecule has 1 amide bonds. The van der Waals surface area contributed by atoms with Gasteiger partial charge in [0.05, 0.1) is 0 Å². The van der Waals surface area contributed by atoms with Gasteiger partial charge in [-0.05, 0) is 30.2 Å². The first kappa shape index (κ1) is 15.5. The maximum Gasteiger partial charge on any atom is 0.236 e. The Hall–Kier alpha value is -2.40. The van der Waals surface area contributed by atoms with Crippen LogP contribution in [0.15, 0.2) is 48.5 Å². The molecule has 0 saturated carbocycles. The van der Waals surface area contributed by atoms with Crippen LogP contribution in [0, 0.1) is 5.82 Å². The molecule has 2 aromatic carbocycles. The number of carbonyl (C=O) groups excluding carboxylic acids is 1. The summed E-state index contributed by atoms with van der Waals surface area (Å²) in [7, 11) is 0. The van der Waals surface area contributed by atoms with Gasteiger partial charge in [-0.1, -0.05) is 30.3 Å². The van der Waals surface area contributed by atoms with Gasteiger partial charge in [0.15, 0.2) is 0 Å². The van der Waals surface area contributed by atoms with Gasteiger partial charge in [-0.25, -0.2) is 9.82 Å². The van der Waals surface area contributed by atoms with Crippen LogP contribution >= 0.6 is 0 Å². The minimum absolute atomic E-state index is 0.148. The first-order valence-electron chi connectivity index (χ1n) is 7.71. The fourth-order valence-corrected chi connectivity index (χ4v) is 2.48. The predicted molar refractivity (Wildman–Crippen MR) is 85.0 cm³/mol. The number of nitrogens with one attached hydrogen (secondary N) is 1. The van der Waals surface area contributed by atoms with Crippen molar-refractivity contribution in [2.75, 3.05) is 6.54 Å². The first-order valence-corrected chi connectivity index (χ1v) is 7.71. The molecule has 1 heterocycles. The molecule has 1 fully saturated rings. The molecule has 1 aliphatic heterocycles. The topological polar surface area (TPSA) is 41.6 Å². The Labute approximate surface area is 134 Å². The molecule has 4 nitrogen and oxygen atoms in total. The number of nitrogens with zero attached hydrogens (tertiary/aromatic N) is 1. The van der Waals surface area contributed by atoms with E-state index in [4.69, 9.17) is 4.74 Å². The van der Waals surface area contributed by atoms with Crippen molar-refractivity contribution in [3.63, 3.8) is 0 Å². The summed E-state index contributed by atoms with van der Waals surface area (Å²) in [5.41, 5.74) is 4.72. The van der Waals surface area contributed by atoms with Gasteiger partial charge in [0.2, 0.25) is 5.91 Å². The second-order valence-corrected chi connectivity index (χ2v) is 5.51. The van der Waals surface area contributed by atoms with Crippen molar-refractivity contribution in [2.45, 2.75) is 26.0 Å². The number of rotatable bonds is 6. The number of hydrogen-bond donors (Lipinski definition) is 1. The van der Waals surface area contributed by atoms with Crippen molar-refractivity contribution in [3.05, 3.63) is 65.5 Å². The molecule has 1 aliphatic rings. The molecule has 0 atom stereocenters. The zero-order chi connectivity index (χ0) is 16.1. The van der Waals surface area contributed by atoms with E-state index in [-0.39, 0.29) is 18.3 Å². The third-order valence-electron chi connectivity index (χ3n) is 3.82. The number of hydrogen-bond acceptors (Lipinski definition) is 3. The number of halogens is 1. The summed E-state index contributed by atoms with van der Waals surface area (Å²) in [6.07, 6.45) is 1.53. The highest BCUT2D eigenvalue weighted by atomic mass is 19.1. The lowest BCUT2D eigenvalue weighted by Gasteiger charge is -2.17. The van der Waals surface area contributed by atoms with E-state index in [1.807, 2.05) is 24.3 Å². The van der Waals surface area contributed by atoms with Crippen LogP contribution < -0.4 is 10.2 Å². The molecule has 0 bridgehead atoms. The minimum atomic E-state index is -0.261. The van der Waals surface area contributed by atoms with E-state index >= 15 is 0 Å². The van der Waals surface area contributed by atoms with Crippen molar-refractivity contribution in [1.82, 2.24) is 10.4 Å². The average molecular weight is 314 g/mol. The van der Waals surface area contributed by atoms with Gasteiger partial charge < -0.3 is 4.74 Å². The zero-order valence-electron chi connectivity index (χ0n) is 12.8. The van der Waals surface area contributed by atoms with E-state index in [9.17, 15) is 9.18 Å². The summed E-state index contributed by atoms with van der Waals surface area (Å²) in [6.45, 7) is 1.56. The Balaban J connectivity index is 1.51. The third-order valence-corrected chi connectivity index (χ3v) is 3.82. The summed E-state index contributed by atoms with van der Waals surface area (Å²) < 4.78 is 19.1. The normalized spacial score (nSPS) is 14.3. The van der Waals surface area contributed by atoms with Gasteiger partial charge in [0.1, 0.15) is 18.2 Å². The lowest BCUT2D eigenvalue weighted by atomic mass is 10.2. The highest BCUT2D eigenvalue weighted by Crippen LogP contribution is 2.16. The van der Waals surface area contributed by atoms with E-state index in [2.05, 4.69) is 5.43 Å². The average Bonchev–Trinajstić information content (AvgIpc) is 2.98. The van der Waals surface area contributed by atoms with Crippen molar-refractivity contribution >= 4 is 5.91 Å². The zero-order valence-corrected chi connectivity index (χ0v) is 12.8. The quantitative estimate of drug-likeness (QED) is 0.891. The monoisotopic (exact) mass is 314 g/mol. The predicted octanol–water partition coefficient (Wildman–Crippen LogP) is 3.03. The molecule has 1 N–H and O–H groups in total. The van der Waals surface area contributed by atoms with E-state index in [0.29, 0.717) is 24.3 Å². The fraction of sp³-hybridized carbons (Fsp3) is 0.278. The Bertz CT molecular complexity index is 673. The standard InChI is InChI=1S/C18H19FN2O2/c19-17-5-2-1-4-15(17)13-23-16-9-7-14(8-10-16)12-20-21-11-3-6-18(21)22/h1-2,4-5,7-10,20H,3,6,11-13H2. The number of carbonyl (C=O) groups is 1. The van der Waals surface area contributed by atoms with Crippen LogP contribution in [-0.2, 0) is 17.9 Å². The van der Waals surface area contributed by atoms with Crippen molar-refractivity contribution in [3.8, 4) is 5.75 Å². The van der Waals surface area contributed by atoms with Gasteiger partial charge in [-0.2, -0.15) is 0 Å². The maximum absolute atomic E-state index is 13.5. The summed E-state index contributed by atoms with van der Waals surface area (Å²) in [4.78, 5) is 11.5. The molecule has 0 aromatic heterocycles. The fourth-order valence-electron chi connectivity index (χ4n) is 2.48. The molecule has 1 saturated heterocycles. The van der Waals surface area contributed by atoms with Gasteiger partial charge in [-0.15, -0.1) is 0 Å². The number of benzene rings is 2. The van der Waals surface area contributed by atoms with Crippen molar-refractivity contribution in [1.29, 1.82) is 0 Å². The molecule has 0 aliphatic carbocycles. The second-order valence-electron chi connectivity index (χ2n) is 5.51. The molecule has 5 heteroatoms. The Morgan fingerprint density at radius 1 is 1.13 bits per heavy atom. The summed E-state index contributed by atoms with van der Waals surface area (Å²) in [6, 6.07) is 14.2. The molecule has 0 spiro atoms. The van der Waals surface area contributed by atoms with Crippen LogP contribution in [0.1, 0.15) is 24.0 Å². The summed E-state index contributed by atoms with van der Waals surface area (Å²) >= 11 is 0. The van der Waals surface area contributed by atoms with Crippen molar-refractivity contribution in [2.24, 2.45) is 0 Å². The van der Waals surface area contributed by atoms with Gasteiger partial charge in [0.25, 0.3) is 0 Å². The first-order chi connectivity index (χ1) is 11.2. The molecule has 3 rings (SSSR count). The third kappa shape index (κ3) is 4.07. The van der Waals surface area contributed by atoms with E-state index in [0.717, 1.165) is 18.5 Å². The molecular weight excluding hydrogens is 295 g/mol. The number of ether oxygens (including phenoxy) is 1. The van der Waals surface area contributed by atoms with E-state index in [1.54, 1.807) is 23.2 Å². The van der Waals surface area contributed by atoms with Crippen LogP contribution in [-0.4, -0.2) is 17.5 Å². The maximum atomic E-state index is 13.5. The highest BCUT2D eigenvalue weighted by molar-refractivity contribution is 5.77. The van der Waals surface area contributed by atoms with Gasteiger partial charge in [-0.3, -0.25) is 9.80 Å². The Kier molecular flexibility index (Phi) is 4.88. The lowest BCUT2D eigenvalue weighted by molar-refractivity contribution is -0.130. The van der Waals surface area contributed by atoms with Crippen LogP contribution in [0.25, 0.3) is 0 Å². The van der Waals surface area contributed by atoms with Crippen molar-refractivity contribution < 1.29 is 13.9 Å². The molecular formula is C18H19FN2O2. The Morgan fingerprint density at radius 3 is 2.61 bits per heavy atom. The van der Waals surface area contributed by atoms with Gasteiger partial charge >= 0.3 is 0 Å². The van der Waals surface area contributed by atoms with Crippen LogP contribution in [0.3, 0.4) is 0 Å². The summed E-state index contributed by atoms with van der Waals surface area (Å²) in [5.74, 6) is 0.577. The smallest absolute Gasteiger partial charge is 0.236 e. The highest BCUT2D eigenvalue weighted by Gasteiger charge is 2.19. The summed E-state index contributed by atoms with van der Waals surface area (Å²) in [5, 5.41) is 1.67. The molecule has 120 valence electrons. The van der Waals surface area contributed by atoms with E-state index in [1.165, 1.54) is 6.07 Å². The van der Waals surface area contributed by atoms with Crippen LogP contribution in [0.5, 0.6) is 5.75 Å². The molecule has 2 aromatic rings. The number of amides is 1. The Morgan fingerprint density at radius 2 is 1.91 bits per heavy atom. The molecule has 0 unspecified atom stereocenters. The number of hydrazine groups is 1. The SMILES string of the molecule is O=C1CCCN1NCc1ccc(OCc2ccccc2F)cc1. The van der Waals surface area contributed by atoms with Crippen LogP contribution in [0.4, 0.5) is 4.39 Å². The van der Waals surface area contributed by atoms with E-state index < -0.39 is 0 Å². The minimum Gasteiger partial charge on any atom is -0.489 e. The lowest BCUT2D eigenvalue weighted by Crippen LogP contribution is -2.38. The largest absolute Gasteiger partial charge is 0.489 e. The molecule has 0 radical (unpaired) electrons. The molecule has 23 heavy (non-hydrogen) atoms. The van der Waals surface area contributed by atoms with Crippen LogP contribution in [0.2, 0.25) is 0 Å². The van der Waals surface area contributed by atoms with Gasteiger partial charge in [0, 0.05) is 25.1 Å².